The maximum Gasteiger partial charge on any atom is 0.335 e. The third-order valence-electron chi connectivity index (χ3n) is 5.78. The summed E-state index contributed by atoms with van der Waals surface area (Å²) in [6.45, 7) is 5.93. The Kier molecular flexibility index (Phi) is 4.22. The molecule has 0 saturated carbocycles. The van der Waals surface area contributed by atoms with Crippen LogP contribution in [0.2, 0.25) is 0 Å². The first-order chi connectivity index (χ1) is 14.4. The van der Waals surface area contributed by atoms with Crippen LogP contribution in [0.1, 0.15) is 45.7 Å². The lowest BCUT2D eigenvalue weighted by Gasteiger charge is -2.53. The van der Waals surface area contributed by atoms with Gasteiger partial charge < -0.3 is 4.74 Å². The first-order valence-electron chi connectivity index (χ1n) is 9.95. The molecule has 0 spiro atoms. The number of nitrogens with zero attached hydrogens (tertiary/aromatic N) is 2. The number of urea groups is 1. The molecule has 3 amide bonds. The van der Waals surface area contributed by atoms with Crippen molar-refractivity contribution in [3.8, 4) is 5.75 Å². The van der Waals surface area contributed by atoms with Crippen LogP contribution in [0.5, 0.6) is 5.75 Å². The van der Waals surface area contributed by atoms with Crippen LogP contribution in [-0.2, 0) is 0 Å². The number of hydrogen-bond acceptors (Lipinski definition) is 4. The summed E-state index contributed by atoms with van der Waals surface area (Å²) in [6, 6.07) is 16.5. The van der Waals surface area contributed by atoms with Crippen molar-refractivity contribution in [1.82, 2.24) is 4.90 Å². The van der Waals surface area contributed by atoms with Crippen molar-refractivity contribution < 1.29 is 14.3 Å². The molecule has 0 aliphatic carbocycles. The summed E-state index contributed by atoms with van der Waals surface area (Å²) in [6.07, 6.45) is 0.500. The highest BCUT2D eigenvalue weighted by atomic mass is 32.1. The summed E-state index contributed by atoms with van der Waals surface area (Å²) in [5.74, 6) is 0.440. The molecule has 2 aliphatic rings. The zero-order chi connectivity index (χ0) is 21.0. The highest BCUT2D eigenvalue weighted by Crippen LogP contribution is 2.49. The van der Waals surface area contributed by atoms with Crippen molar-refractivity contribution in [2.75, 3.05) is 4.90 Å². The maximum atomic E-state index is 13.9. The van der Waals surface area contributed by atoms with Crippen LogP contribution >= 0.6 is 11.3 Å². The van der Waals surface area contributed by atoms with Crippen molar-refractivity contribution in [1.29, 1.82) is 0 Å². The Morgan fingerprint density at radius 1 is 1.10 bits per heavy atom. The Bertz CT molecular complexity index is 1140. The zero-order valence-electron chi connectivity index (χ0n) is 17.1. The number of fused-ring (bicyclic) bond motifs is 4. The second kappa shape index (κ2) is 6.71. The van der Waals surface area contributed by atoms with Gasteiger partial charge in [0.1, 0.15) is 5.75 Å². The molecule has 1 fully saturated rings. The number of carbonyl (C=O) groups is 2. The van der Waals surface area contributed by atoms with Crippen LogP contribution in [0.3, 0.4) is 0 Å². The van der Waals surface area contributed by atoms with Crippen LogP contribution in [0.4, 0.5) is 10.5 Å². The number of amides is 3. The van der Waals surface area contributed by atoms with Crippen molar-refractivity contribution in [3.63, 3.8) is 0 Å². The van der Waals surface area contributed by atoms with Gasteiger partial charge in [0.2, 0.25) is 0 Å². The van der Waals surface area contributed by atoms with Crippen molar-refractivity contribution in [2.24, 2.45) is 0 Å². The molecule has 0 N–H and O–H groups in total. The number of imide groups is 1. The molecule has 3 aromatic rings. The highest BCUT2D eigenvalue weighted by molar-refractivity contribution is 7.12. The lowest BCUT2D eigenvalue weighted by Crippen LogP contribution is -2.67. The molecule has 6 heteroatoms. The predicted octanol–water partition coefficient (Wildman–Crippen LogP) is 5.69. The van der Waals surface area contributed by atoms with Crippen LogP contribution in [0.15, 0.2) is 60.0 Å². The second-order valence-electron chi connectivity index (χ2n) is 8.15. The Labute approximate surface area is 179 Å². The Hall–Kier alpha value is -3.12. The van der Waals surface area contributed by atoms with Gasteiger partial charge in [-0.2, -0.15) is 0 Å². The smallest absolute Gasteiger partial charge is 0.335 e. The van der Waals surface area contributed by atoms with Gasteiger partial charge in [-0.15, -0.1) is 11.3 Å². The van der Waals surface area contributed by atoms with E-state index < -0.39 is 5.72 Å². The Morgan fingerprint density at radius 2 is 1.83 bits per heavy atom. The van der Waals surface area contributed by atoms with Gasteiger partial charge in [-0.05, 0) is 61.5 Å². The fourth-order valence-electron chi connectivity index (χ4n) is 4.62. The van der Waals surface area contributed by atoms with Crippen molar-refractivity contribution >= 4 is 29.0 Å². The number of carbonyl (C=O) groups excluding carboxylic acids is 2. The summed E-state index contributed by atoms with van der Waals surface area (Å²) >= 11 is 1.35. The Balaban J connectivity index is 1.70. The van der Waals surface area contributed by atoms with Crippen LogP contribution in [-0.4, -0.2) is 22.6 Å². The van der Waals surface area contributed by atoms with E-state index >= 15 is 0 Å². The van der Waals surface area contributed by atoms with Gasteiger partial charge in [0.25, 0.3) is 5.91 Å². The van der Waals surface area contributed by atoms with E-state index in [1.54, 1.807) is 11.0 Å². The SMILES string of the molecule is Cc1cc(C)cc(N2C(=O)N(C(=O)c3cccs3)[C@H]3C[C@]2(C)Oc2ccccc23)c1. The van der Waals surface area contributed by atoms with Gasteiger partial charge in [0.05, 0.1) is 10.9 Å². The van der Waals surface area contributed by atoms with Crippen LogP contribution < -0.4 is 9.64 Å². The minimum Gasteiger partial charge on any atom is -0.467 e. The first kappa shape index (κ1) is 18.9. The minimum absolute atomic E-state index is 0.270. The van der Waals surface area contributed by atoms with E-state index in [1.165, 1.54) is 16.2 Å². The first-order valence-corrected chi connectivity index (χ1v) is 10.8. The highest BCUT2D eigenvalue weighted by Gasteiger charge is 2.55. The molecule has 30 heavy (non-hydrogen) atoms. The second-order valence-corrected chi connectivity index (χ2v) is 9.10. The third-order valence-corrected chi connectivity index (χ3v) is 6.64. The summed E-state index contributed by atoms with van der Waals surface area (Å²) in [7, 11) is 0. The summed E-state index contributed by atoms with van der Waals surface area (Å²) < 4.78 is 6.40. The molecule has 152 valence electrons. The van der Waals surface area contributed by atoms with Crippen molar-refractivity contribution in [2.45, 2.75) is 39.0 Å². The molecule has 0 unspecified atom stereocenters. The molecule has 2 aromatic carbocycles. The van der Waals surface area contributed by atoms with E-state index in [-0.39, 0.29) is 18.0 Å². The van der Waals surface area contributed by atoms with E-state index in [4.69, 9.17) is 4.74 Å². The molecule has 3 heterocycles. The standard InChI is InChI=1S/C24H22N2O3S/c1-15-11-16(2)13-17(12-15)26-23(28)25(22(27)21-9-6-10-30-21)19-14-24(26,3)29-20-8-5-4-7-18(19)20/h4-13,19H,14H2,1-3H3/t19-,24-/m0/s1. The molecule has 2 aliphatic heterocycles. The van der Waals surface area contributed by atoms with E-state index in [0.29, 0.717) is 17.0 Å². The molecular weight excluding hydrogens is 396 g/mol. The quantitative estimate of drug-likeness (QED) is 0.537. The molecular formula is C24H22N2O3S. The number of aryl methyl sites for hydroxylation is 2. The van der Waals surface area contributed by atoms with Crippen molar-refractivity contribution in [3.05, 3.63) is 81.5 Å². The number of rotatable bonds is 2. The fourth-order valence-corrected chi connectivity index (χ4v) is 5.28. The maximum absolute atomic E-state index is 13.9. The molecule has 5 rings (SSSR count). The molecule has 1 saturated heterocycles. The Morgan fingerprint density at radius 3 is 2.53 bits per heavy atom. The number of ether oxygens (including phenoxy) is 1. The molecule has 5 nitrogen and oxygen atoms in total. The zero-order valence-corrected chi connectivity index (χ0v) is 17.9. The molecule has 0 radical (unpaired) electrons. The topological polar surface area (TPSA) is 49.9 Å². The lowest BCUT2D eigenvalue weighted by molar-refractivity contribution is 0.00283. The lowest BCUT2D eigenvalue weighted by atomic mass is 9.88. The fraction of sp³-hybridized carbons (Fsp3) is 0.250. The van der Waals surface area contributed by atoms with Gasteiger partial charge in [-0.1, -0.05) is 30.3 Å². The van der Waals surface area contributed by atoms with E-state index in [0.717, 1.165) is 22.4 Å². The van der Waals surface area contributed by atoms with Gasteiger partial charge in [0.15, 0.2) is 5.72 Å². The predicted molar refractivity (Wildman–Crippen MR) is 117 cm³/mol. The van der Waals surface area contributed by atoms with Gasteiger partial charge in [-0.3, -0.25) is 14.6 Å². The average molecular weight is 419 g/mol. The summed E-state index contributed by atoms with van der Waals surface area (Å²) in [5.41, 5.74) is 2.82. The van der Waals surface area contributed by atoms with Gasteiger partial charge >= 0.3 is 6.03 Å². The number of thiophene rings is 1. The van der Waals surface area contributed by atoms with E-state index in [1.807, 2.05) is 68.6 Å². The average Bonchev–Trinajstić information content (AvgIpc) is 3.21. The molecule has 1 aromatic heterocycles. The van der Waals surface area contributed by atoms with E-state index in [9.17, 15) is 9.59 Å². The normalized spacial score (nSPS) is 22.5. The minimum atomic E-state index is -0.886. The number of anilines is 1. The number of para-hydroxylation sites is 1. The van der Waals surface area contributed by atoms with Gasteiger partial charge in [0, 0.05) is 17.7 Å². The van der Waals surface area contributed by atoms with E-state index in [2.05, 4.69) is 6.07 Å². The summed E-state index contributed by atoms with van der Waals surface area (Å²) in [5, 5.41) is 1.85. The monoisotopic (exact) mass is 418 g/mol. The molecule has 2 atom stereocenters. The van der Waals surface area contributed by atoms with Gasteiger partial charge in [-0.25, -0.2) is 4.79 Å². The number of hydrogen-bond donors (Lipinski definition) is 0. The largest absolute Gasteiger partial charge is 0.467 e. The molecule has 2 bridgehead atoms. The van der Waals surface area contributed by atoms with Crippen LogP contribution in [0, 0.1) is 13.8 Å². The third kappa shape index (κ3) is 2.82. The number of benzene rings is 2. The van der Waals surface area contributed by atoms with Crippen LogP contribution in [0.25, 0.3) is 0 Å². The summed E-state index contributed by atoms with van der Waals surface area (Å²) in [4.78, 5) is 30.9.